The molecular weight excluding hydrogens is 446 g/mol. The van der Waals surface area contributed by atoms with E-state index in [0.717, 1.165) is 72.0 Å². The van der Waals surface area contributed by atoms with Gasteiger partial charge in [0, 0.05) is 37.8 Å². The number of carbonyl (C=O) groups excluding carboxylic acids is 1. The number of nitrogens with zero attached hydrogens (tertiary/aromatic N) is 1. The molecule has 2 fully saturated rings. The Bertz CT molecular complexity index is 943. The summed E-state index contributed by atoms with van der Waals surface area (Å²) in [6.07, 6.45) is 5.19. The summed E-state index contributed by atoms with van der Waals surface area (Å²) >= 11 is 1.49. The van der Waals surface area contributed by atoms with Crippen LogP contribution in [0.2, 0.25) is 0 Å². The average molecular weight is 486 g/mol. The summed E-state index contributed by atoms with van der Waals surface area (Å²) in [6.45, 7) is 7.04. The Kier molecular flexibility index (Phi) is 9.54. The van der Waals surface area contributed by atoms with E-state index in [0.29, 0.717) is 12.5 Å². The number of rotatable bonds is 10. The molecule has 0 radical (unpaired) electrons. The zero-order valence-electron chi connectivity index (χ0n) is 21.1. The molecule has 34 heavy (non-hydrogen) atoms. The second-order valence-electron chi connectivity index (χ2n) is 9.23. The Morgan fingerprint density at radius 1 is 1.18 bits per heavy atom. The summed E-state index contributed by atoms with van der Waals surface area (Å²) in [5.41, 5.74) is 2.42. The van der Waals surface area contributed by atoms with Crippen molar-refractivity contribution in [2.24, 2.45) is 5.92 Å². The van der Waals surface area contributed by atoms with Crippen LogP contribution in [0.4, 0.5) is 11.4 Å². The van der Waals surface area contributed by atoms with E-state index in [1.165, 1.54) is 18.4 Å². The summed E-state index contributed by atoms with van der Waals surface area (Å²) in [5.74, 6) is 2.16. The maximum absolute atomic E-state index is 12.1. The molecule has 0 spiro atoms. The van der Waals surface area contributed by atoms with Gasteiger partial charge in [-0.3, -0.25) is 0 Å². The fraction of sp³-hybridized carbons (Fsp3) is 0.519. The first kappa shape index (κ1) is 26.2. The van der Waals surface area contributed by atoms with Crippen LogP contribution in [0.25, 0.3) is 0 Å². The summed E-state index contributed by atoms with van der Waals surface area (Å²) in [7, 11) is 5.70. The summed E-state index contributed by atoms with van der Waals surface area (Å²) in [5, 5.41) is 3.31. The van der Waals surface area contributed by atoms with E-state index in [9.17, 15) is 4.79 Å². The Morgan fingerprint density at radius 3 is 2.44 bits per heavy atom. The van der Waals surface area contributed by atoms with Crippen molar-refractivity contribution < 1.29 is 14.3 Å². The predicted octanol–water partition coefficient (Wildman–Crippen LogP) is 5.83. The van der Waals surface area contributed by atoms with Crippen LogP contribution in [0.3, 0.4) is 0 Å². The SMILES string of the molecule is CCC.CNc1c(OCC2CN(C)C2)cc(NSc2ccccc2OC)cc1C1(C=O)CCC1. The number of carbonyl (C=O) groups is 1. The van der Waals surface area contributed by atoms with Gasteiger partial charge in [-0.05, 0) is 55.6 Å². The van der Waals surface area contributed by atoms with Crippen LogP contribution in [0.1, 0.15) is 45.1 Å². The van der Waals surface area contributed by atoms with Gasteiger partial charge >= 0.3 is 0 Å². The number of likely N-dealkylation sites (tertiary alicyclic amines) is 1. The summed E-state index contributed by atoms with van der Waals surface area (Å²) < 4.78 is 15.2. The van der Waals surface area contributed by atoms with Crippen molar-refractivity contribution in [3.63, 3.8) is 0 Å². The Hall–Kier alpha value is -2.38. The molecule has 1 saturated carbocycles. The second kappa shape index (κ2) is 12.4. The molecule has 0 unspecified atom stereocenters. The molecule has 4 rings (SSSR count). The average Bonchev–Trinajstić information content (AvgIpc) is 2.80. The fourth-order valence-electron chi connectivity index (χ4n) is 4.41. The van der Waals surface area contributed by atoms with Crippen molar-refractivity contribution in [1.29, 1.82) is 0 Å². The predicted molar refractivity (Wildman–Crippen MR) is 143 cm³/mol. The van der Waals surface area contributed by atoms with Crippen LogP contribution >= 0.6 is 11.9 Å². The van der Waals surface area contributed by atoms with Gasteiger partial charge in [-0.25, -0.2) is 0 Å². The van der Waals surface area contributed by atoms with E-state index < -0.39 is 5.41 Å². The molecule has 1 aliphatic carbocycles. The quantitative estimate of drug-likeness (QED) is 0.324. The van der Waals surface area contributed by atoms with Crippen molar-refractivity contribution in [3.05, 3.63) is 42.0 Å². The smallest absolute Gasteiger partial charge is 0.144 e. The first-order valence-electron chi connectivity index (χ1n) is 12.2. The van der Waals surface area contributed by atoms with Gasteiger partial charge in [-0.2, -0.15) is 0 Å². The lowest BCUT2D eigenvalue weighted by atomic mass is 9.65. The zero-order chi connectivity index (χ0) is 24.6. The van der Waals surface area contributed by atoms with Gasteiger partial charge < -0.3 is 29.2 Å². The van der Waals surface area contributed by atoms with Gasteiger partial charge in [-0.1, -0.05) is 38.8 Å². The molecule has 2 N–H and O–H groups in total. The van der Waals surface area contributed by atoms with E-state index >= 15 is 0 Å². The number of ether oxygens (including phenoxy) is 2. The molecule has 2 aromatic carbocycles. The topological polar surface area (TPSA) is 62.8 Å². The van der Waals surface area contributed by atoms with E-state index in [4.69, 9.17) is 9.47 Å². The number of hydrogen-bond acceptors (Lipinski definition) is 7. The molecule has 0 aromatic heterocycles. The standard InChI is InChI=1S/C24H31N3O3S.C3H8/c1-25-23-19(24(16-28)9-6-10-24)11-18(12-21(23)30-15-17-13-27(2)14-17)26-31-22-8-5-4-7-20(22)29-3;1-3-2/h4-5,7-8,11-12,16-17,25-26H,6,9-10,13-15H2,1-3H3;3H2,1-2H3. The maximum Gasteiger partial charge on any atom is 0.144 e. The first-order valence-corrected chi connectivity index (χ1v) is 13.0. The van der Waals surface area contributed by atoms with Gasteiger partial charge in [0.15, 0.2) is 0 Å². The van der Waals surface area contributed by atoms with Crippen molar-refractivity contribution in [2.45, 2.75) is 49.8 Å². The minimum atomic E-state index is -0.431. The molecule has 186 valence electrons. The van der Waals surface area contributed by atoms with E-state index in [2.05, 4.69) is 41.9 Å². The first-order chi connectivity index (χ1) is 16.5. The van der Waals surface area contributed by atoms with Gasteiger partial charge in [0.2, 0.25) is 0 Å². The lowest BCUT2D eigenvalue weighted by molar-refractivity contribution is -0.115. The molecule has 1 saturated heterocycles. The third-order valence-electron chi connectivity index (χ3n) is 6.32. The lowest BCUT2D eigenvalue weighted by Crippen LogP contribution is -2.46. The highest BCUT2D eigenvalue weighted by Gasteiger charge is 2.41. The minimum Gasteiger partial charge on any atom is -0.496 e. The van der Waals surface area contributed by atoms with Crippen LogP contribution in [0.5, 0.6) is 11.5 Å². The van der Waals surface area contributed by atoms with Gasteiger partial charge in [-0.15, -0.1) is 0 Å². The van der Waals surface area contributed by atoms with Crippen molar-refractivity contribution >= 4 is 29.6 Å². The van der Waals surface area contributed by atoms with Gasteiger partial charge in [0.25, 0.3) is 0 Å². The number of benzene rings is 2. The van der Waals surface area contributed by atoms with Crippen LogP contribution in [0.15, 0.2) is 41.3 Å². The summed E-state index contributed by atoms with van der Waals surface area (Å²) in [4.78, 5) is 15.4. The molecule has 0 amide bonds. The highest BCUT2D eigenvalue weighted by molar-refractivity contribution is 8.00. The molecular formula is C27H39N3O3S. The number of aldehydes is 1. The third kappa shape index (κ3) is 5.99. The van der Waals surface area contributed by atoms with E-state index in [1.807, 2.05) is 37.4 Å². The van der Waals surface area contributed by atoms with Crippen molar-refractivity contribution in [2.75, 3.05) is 50.9 Å². The van der Waals surface area contributed by atoms with Crippen molar-refractivity contribution in [3.8, 4) is 11.5 Å². The Labute approximate surface area is 208 Å². The number of methoxy groups -OCH3 is 1. The molecule has 7 heteroatoms. The minimum absolute atomic E-state index is 0.431. The molecule has 6 nitrogen and oxygen atoms in total. The molecule has 0 bridgehead atoms. The Morgan fingerprint density at radius 2 is 1.88 bits per heavy atom. The normalized spacial score (nSPS) is 16.9. The Balaban J connectivity index is 0.00000103. The van der Waals surface area contributed by atoms with E-state index in [-0.39, 0.29) is 0 Å². The number of hydrogen-bond donors (Lipinski definition) is 2. The van der Waals surface area contributed by atoms with Crippen molar-refractivity contribution in [1.82, 2.24) is 4.90 Å². The van der Waals surface area contributed by atoms with Crippen LogP contribution in [0, 0.1) is 5.92 Å². The van der Waals surface area contributed by atoms with Gasteiger partial charge in [0.1, 0.15) is 17.8 Å². The van der Waals surface area contributed by atoms with E-state index in [1.54, 1.807) is 7.11 Å². The molecule has 1 aliphatic heterocycles. The highest BCUT2D eigenvalue weighted by Crippen LogP contribution is 2.49. The van der Waals surface area contributed by atoms with Crippen LogP contribution in [-0.2, 0) is 10.2 Å². The number of nitrogens with one attached hydrogen (secondary N) is 2. The largest absolute Gasteiger partial charge is 0.496 e. The lowest BCUT2D eigenvalue weighted by Gasteiger charge is -2.39. The van der Waals surface area contributed by atoms with Gasteiger partial charge in [0.05, 0.1) is 29.7 Å². The molecule has 2 aromatic rings. The summed E-state index contributed by atoms with van der Waals surface area (Å²) in [6, 6.07) is 12.0. The third-order valence-corrected chi connectivity index (χ3v) is 7.22. The monoisotopic (exact) mass is 485 g/mol. The van der Waals surface area contributed by atoms with Crippen LogP contribution < -0.4 is 19.5 Å². The number of para-hydroxylation sites is 1. The molecule has 2 aliphatic rings. The maximum atomic E-state index is 12.1. The second-order valence-corrected chi connectivity index (χ2v) is 10.1. The molecule has 0 atom stereocenters. The van der Waals surface area contributed by atoms with Crippen LogP contribution in [-0.4, -0.2) is 52.1 Å². The fourth-order valence-corrected chi connectivity index (χ4v) is 5.15. The zero-order valence-corrected chi connectivity index (χ0v) is 22.0. The molecule has 1 heterocycles. The highest BCUT2D eigenvalue weighted by atomic mass is 32.2. The number of anilines is 2.